The number of aliphatic carboxylic acids is 2. The van der Waals surface area contributed by atoms with Gasteiger partial charge in [0.2, 0.25) is 5.69 Å². The van der Waals surface area contributed by atoms with Crippen molar-refractivity contribution >= 4 is 50.6 Å². The van der Waals surface area contributed by atoms with Crippen LogP contribution in [-0.4, -0.2) is 45.5 Å². The maximum Gasteiger partial charge on any atom is 0.309 e. The molecule has 0 saturated carbocycles. The lowest BCUT2D eigenvalue weighted by molar-refractivity contribution is -0.436. The van der Waals surface area contributed by atoms with Gasteiger partial charge in [-0.1, -0.05) is 121 Å². The van der Waals surface area contributed by atoms with Crippen LogP contribution in [0.25, 0.3) is 21.5 Å². The summed E-state index contributed by atoms with van der Waals surface area (Å²) < 4.78 is 2.20. The molecule has 6 nitrogen and oxygen atoms in total. The Bertz CT molecular complexity index is 2540. The molecular weight excluding hydrogens is 681 g/mol. The lowest BCUT2D eigenvalue weighted by Gasteiger charge is -2.31. The second-order valence-corrected chi connectivity index (χ2v) is 15.2. The van der Waals surface area contributed by atoms with Crippen LogP contribution in [0, 0.1) is 0 Å². The van der Waals surface area contributed by atoms with Gasteiger partial charge in [0.15, 0.2) is 12.3 Å². The molecule has 2 unspecified atom stereocenters. The summed E-state index contributed by atoms with van der Waals surface area (Å²) in [6.45, 7) is 5.23. The number of nitrogens with zero attached hydrogens (tertiary/aromatic N) is 2. The van der Waals surface area contributed by atoms with Crippen LogP contribution in [-0.2, 0) is 33.3 Å². The average Bonchev–Trinajstić information content (AvgIpc) is 3.57. The molecule has 0 bridgehead atoms. The molecule has 55 heavy (non-hydrogen) atoms. The number of fused-ring (bicyclic) bond motifs is 6. The molecule has 2 atom stereocenters. The molecule has 0 aliphatic carbocycles. The summed E-state index contributed by atoms with van der Waals surface area (Å²) in [6, 6.07) is 46.4. The second kappa shape index (κ2) is 14.5. The van der Waals surface area contributed by atoms with Crippen molar-refractivity contribution in [2.24, 2.45) is 0 Å². The van der Waals surface area contributed by atoms with Crippen LogP contribution in [0.4, 0.5) is 11.4 Å². The summed E-state index contributed by atoms with van der Waals surface area (Å²) in [4.78, 5) is 26.4. The molecule has 2 N–H and O–H groups in total. The summed E-state index contributed by atoms with van der Waals surface area (Å²) in [6.07, 6.45) is 7.89. The predicted octanol–water partition coefficient (Wildman–Crippen LogP) is 10.0. The summed E-state index contributed by atoms with van der Waals surface area (Å²) in [5, 5.41) is 24.4. The smallest absolute Gasteiger partial charge is 0.309 e. The first-order chi connectivity index (χ1) is 26.7. The summed E-state index contributed by atoms with van der Waals surface area (Å²) in [7, 11) is 0. The van der Waals surface area contributed by atoms with E-state index < -0.39 is 22.8 Å². The van der Waals surface area contributed by atoms with E-state index in [9.17, 15) is 19.8 Å². The molecule has 0 amide bonds. The molecule has 6 aromatic carbocycles. The Balaban J connectivity index is 1.33. The fraction of sp³-hybridized carbons (Fsp3) is 0.204. The number of carbonyl (C=O) groups is 2. The van der Waals surface area contributed by atoms with E-state index in [2.05, 4.69) is 163 Å². The van der Waals surface area contributed by atoms with Gasteiger partial charge in [-0.05, 0) is 83.1 Å². The van der Waals surface area contributed by atoms with Crippen LogP contribution in [0.3, 0.4) is 0 Å². The highest BCUT2D eigenvalue weighted by molar-refractivity contribution is 6.08. The Hall–Kier alpha value is -6.27. The van der Waals surface area contributed by atoms with Crippen LogP contribution >= 0.6 is 0 Å². The largest absolute Gasteiger partial charge is 0.481 e. The van der Waals surface area contributed by atoms with Crippen molar-refractivity contribution in [1.82, 2.24) is 0 Å². The monoisotopic (exact) mass is 725 g/mol. The molecule has 274 valence electrons. The minimum Gasteiger partial charge on any atom is -0.481 e. The molecule has 0 aromatic heterocycles. The summed E-state index contributed by atoms with van der Waals surface area (Å²) >= 11 is 0. The topological polar surface area (TPSA) is 80.9 Å². The quantitative estimate of drug-likeness (QED) is 0.123. The van der Waals surface area contributed by atoms with E-state index in [0.29, 0.717) is 13.1 Å². The molecule has 2 heterocycles. The number of hydrogen-bond acceptors (Lipinski definition) is 3. The lowest BCUT2D eigenvalue weighted by atomic mass is 9.73. The average molecular weight is 726 g/mol. The molecule has 2 aliphatic heterocycles. The van der Waals surface area contributed by atoms with Gasteiger partial charge < -0.3 is 15.1 Å². The second-order valence-electron chi connectivity index (χ2n) is 15.2. The molecule has 0 fully saturated rings. The van der Waals surface area contributed by atoms with Crippen LogP contribution in [0.15, 0.2) is 157 Å². The first kappa shape index (κ1) is 35.7. The first-order valence-electron chi connectivity index (χ1n) is 19.0. The zero-order valence-corrected chi connectivity index (χ0v) is 31.3. The van der Waals surface area contributed by atoms with Crippen molar-refractivity contribution < 1.29 is 24.4 Å². The highest BCUT2D eigenvalue weighted by atomic mass is 16.4. The van der Waals surface area contributed by atoms with E-state index in [1.807, 2.05) is 12.1 Å². The van der Waals surface area contributed by atoms with Gasteiger partial charge in [0.1, 0.15) is 6.42 Å². The number of anilines is 1. The zero-order valence-electron chi connectivity index (χ0n) is 31.3. The van der Waals surface area contributed by atoms with E-state index >= 15 is 0 Å². The molecule has 0 saturated heterocycles. The van der Waals surface area contributed by atoms with Crippen LogP contribution in [0.2, 0.25) is 0 Å². The number of benzene rings is 6. The van der Waals surface area contributed by atoms with Crippen LogP contribution < -0.4 is 4.90 Å². The van der Waals surface area contributed by atoms with Crippen molar-refractivity contribution in [2.75, 3.05) is 18.0 Å². The third-order valence-corrected chi connectivity index (χ3v) is 11.6. The van der Waals surface area contributed by atoms with Gasteiger partial charge >= 0.3 is 11.9 Å². The third-order valence-electron chi connectivity index (χ3n) is 11.6. The number of allylic oxidation sites excluding steroid dienone is 4. The van der Waals surface area contributed by atoms with E-state index in [1.165, 1.54) is 22.3 Å². The molecule has 8 rings (SSSR count). The van der Waals surface area contributed by atoms with Crippen molar-refractivity contribution in [1.29, 1.82) is 0 Å². The van der Waals surface area contributed by atoms with Crippen LogP contribution in [0.1, 0.15) is 48.9 Å². The van der Waals surface area contributed by atoms with Crippen molar-refractivity contribution in [3.8, 4) is 0 Å². The Kier molecular flexibility index (Phi) is 9.44. The van der Waals surface area contributed by atoms with Gasteiger partial charge in [0, 0.05) is 41.1 Å². The highest BCUT2D eigenvalue weighted by Gasteiger charge is 2.49. The molecule has 6 aromatic rings. The Morgan fingerprint density at radius 3 is 1.80 bits per heavy atom. The molecule has 0 spiro atoms. The third kappa shape index (κ3) is 6.52. The van der Waals surface area contributed by atoms with Crippen LogP contribution in [0.5, 0.6) is 0 Å². The SMILES string of the molecule is CC1(Cc2ccccc2)C(/C=C/C=C2\N(CCC(=O)O)c3ccc4ccccc4c3C2(C)Cc2ccccc2)=[N+](CCC(=O)O)c2ccc3ccccc3c21. The van der Waals surface area contributed by atoms with Crippen molar-refractivity contribution in [3.05, 3.63) is 180 Å². The zero-order chi connectivity index (χ0) is 38.2. The molecule has 0 radical (unpaired) electrons. The normalized spacial score (nSPS) is 19.8. The maximum absolute atomic E-state index is 12.1. The van der Waals surface area contributed by atoms with E-state index in [1.54, 1.807) is 0 Å². The summed E-state index contributed by atoms with van der Waals surface area (Å²) in [5.74, 6) is -1.68. The number of hydrogen-bond donors (Lipinski definition) is 2. The standard InChI is InChI=1S/C49H44N2O4/c1-48(32-34-14-5-3-6-15-34)42(50(30-28-44(52)53)40-26-24-36-18-9-11-20-38(36)46(40)48)22-13-23-43-49(2,33-35-16-7-4-8-17-35)47-39-21-12-10-19-37(39)25-27-41(47)51(43)31-29-45(54)55/h3-27H,28-33H2,1-2H3,(H-,52,53,54,55)/p+1. The fourth-order valence-electron chi connectivity index (χ4n) is 9.28. The minimum absolute atomic E-state index is 0.00733. The van der Waals surface area contributed by atoms with Gasteiger partial charge in [-0.3, -0.25) is 9.59 Å². The molecule has 6 heteroatoms. The lowest BCUT2D eigenvalue weighted by Crippen LogP contribution is -2.34. The van der Waals surface area contributed by atoms with Gasteiger partial charge in [-0.25, -0.2) is 0 Å². The van der Waals surface area contributed by atoms with Crippen molar-refractivity contribution in [3.63, 3.8) is 0 Å². The minimum atomic E-state index is -0.842. The number of carboxylic acids is 2. The Morgan fingerprint density at radius 1 is 0.636 bits per heavy atom. The van der Waals surface area contributed by atoms with E-state index in [4.69, 9.17) is 0 Å². The maximum atomic E-state index is 12.1. The van der Waals surface area contributed by atoms with Gasteiger partial charge in [-0.15, -0.1) is 0 Å². The molecule has 2 aliphatic rings. The number of rotatable bonds is 12. The van der Waals surface area contributed by atoms with Gasteiger partial charge in [0.05, 0.1) is 11.8 Å². The fourth-order valence-corrected chi connectivity index (χ4v) is 9.28. The Labute approximate surface area is 322 Å². The van der Waals surface area contributed by atoms with Gasteiger partial charge in [0.25, 0.3) is 0 Å². The van der Waals surface area contributed by atoms with Crippen molar-refractivity contribution in [2.45, 2.75) is 50.4 Å². The molecular formula is C49H45N2O4+. The highest BCUT2D eigenvalue weighted by Crippen LogP contribution is 2.53. The van der Waals surface area contributed by atoms with E-state index in [-0.39, 0.29) is 12.8 Å². The van der Waals surface area contributed by atoms with E-state index in [0.717, 1.165) is 57.2 Å². The summed E-state index contributed by atoms with van der Waals surface area (Å²) in [5.41, 5.74) is 7.93. The predicted molar refractivity (Wildman–Crippen MR) is 222 cm³/mol. The first-order valence-corrected chi connectivity index (χ1v) is 19.0. The van der Waals surface area contributed by atoms with Gasteiger partial charge in [-0.2, -0.15) is 4.58 Å². The number of carboxylic acid groups (broad SMARTS) is 2. The Morgan fingerprint density at radius 2 is 1.18 bits per heavy atom.